The Morgan fingerprint density at radius 3 is 1.72 bits per heavy atom. The van der Waals surface area contributed by atoms with Crippen molar-refractivity contribution in [2.75, 3.05) is 52.4 Å². The van der Waals surface area contributed by atoms with E-state index in [-0.39, 0.29) is 0 Å². The highest BCUT2D eigenvalue weighted by molar-refractivity contribution is 6.58. The standard InChI is InChI=1S/C15H27BN4O2.C2HF3O2/c21-16(22)15-3-1-14(2-4-15)13-20-11-9-18-7-5-17-6-8-19-10-12-20;3-2(4,5)1(6)7/h1-4,17-19,21-22H,5-13H2;(H,6,7). The topological polar surface area (TPSA) is 117 Å². The van der Waals surface area contributed by atoms with Gasteiger partial charge in [-0.15, -0.1) is 0 Å². The number of nitrogens with zero attached hydrogens (tertiary/aromatic N) is 1. The molecule has 1 fully saturated rings. The van der Waals surface area contributed by atoms with Crippen molar-refractivity contribution in [1.82, 2.24) is 20.9 Å². The van der Waals surface area contributed by atoms with Crippen LogP contribution in [0.3, 0.4) is 0 Å². The highest BCUT2D eigenvalue weighted by Crippen LogP contribution is 2.13. The summed E-state index contributed by atoms with van der Waals surface area (Å²) in [6.45, 7) is 8.86. The van der Waals surface area contributed by atoms with Gasteiger partial charge < -0.3 is 31.1 Å². The van der Waals surface area contributed by atoms with Crippen LogP contribution in [0.4, 0.5) is 13.2 Å². The van der Waals surface area contributed by atoms with Gasteiger partial charge in [0.1, 0.15) is 0 Å². The molecule has 1 heterocycles. The van der Waals surface area contributed by atoms with E-state index in [2.05, 4.69) is 20.9 Å². The van der Waals surface area contributed by atoms with E-state index in [0.29, 0.717) is 5.46 Å². The number of alkyl halides is 3. The van der Waals surface area contributed by atoms with Gasteiger partial charge in [-0.05, 0) is 11.0 Å². The van der Waals surface area contributed by atoms with Crippen LogP contribution in [-0.2, 0) is 11.3 Å². The highest BCUT2D eigenvalue weighted by Gasteiger charge is 2.38. The first kappa shape index (κ1) is 25.3. The predicted molar refractivity (Wildman–Crippen MR) is 104 cm³/mol. The maximum Gasteiger partial charge on any atom is 0.490 e. The summed E-state index contributed by atoms with van der Waals surface area (Å²) in [6, 6.07) is 7.49. The van der Waals surface area contributed by atoms with E-state index in [0.717, 1.165) is 58.9 Å². The SMILES string of the molecule is O=C(O)C(F)(F)F.OB(O)c1ccc(CN2CCNCCNCCNCC2)cc1. The minimum atomic E-state index is -5.08. The summed E-state index contributed by atoms with van der Waals surface area (Å²) in [7, 11) is -1.39. The molecule has 0 unspecified atom stereocenters. The molecule has 6 N–H and O–H groups in total. The van der Waals surface area contributed by atoms with Gasteiger partial charge >= 0.3 is 19.3 Å². The van der Waals surface area contributed by atoms with Crippen LogP contribution in [0.2, 0.25) is 0 Å². The van der Waals surface area contributed by atoms with E-state index in [9.17, 15) is 13.2 Å². The first-order valence-corrected chi connectivity index (χ1v) is 9.29. The van der Waals surface area contributed by atoms with Crippen molar-refractivity contribution in [3.05, 3.63) is 29.8 Å². The molecule has 1 aliphatic heterocycles. The normalized spacial score (nSPS) is 17.3. The first-order chi connectivity index (χ1) is 13.7. The average Bonchev–Trinajstić information content (AvgIpc) is 2.64. The molecule has 1 aliphatic rings. The molecule has 1 aromatic rings. The maximum atomic E-state index is 10.6. The number of hydrogen-bond acceptors (Lipinski definition) is 7. The summed E-state index contributed by atoms with van der Waals surface area (Å²) in [6.07, 6.45) is -5.08. The van der Waals surface area contributed by atoms with E-state index in [1.54, 1.807) is 12.1 Å². The number of nitrogens with one attached hydrogen (secondary N) is 3. The van der Waals surface area contributed by atoms with Crippen LogP contribution in [0.5, 0.6) is 0 Å². The van der Waals surface area contributed by atoms with Crippen LogP contribution in [-0.4, -0.2) is 91.7 Å². The van der Waals surface area contributed by atoms with E-state index < -0.39 is 19.3 Å². The minimum Gasteiger partial charge on any atom is -0.475 e. The van der Waals surface area contributed by atoms with Crippen molar-refractivity contribution in [2.24, 2.45) is 0 Å². The number of carboxylic acid groups (broad SMARTS) is 1. The molecule has 0 atom stereocenters. The van der Waals surface area contributed by atoms with Gasteiger partial charge in [-0.3, -0.25) is 4.90 Å². The van der Waals surface area contributed by atoms with Gasteiger partial charge in [0.2, 0.25) is 0 Å². The summed E-state index contributed by atoms with van der Waals surface area (Å²) < 4.78 is 31.7. The fourth-order valence-electron chi connectivity index (χ4n) is 2.53. The summed E-state index contributed by atoms with van der Waals surface area (Å²) in [5.74, 6) is -2.76. The highest BCUT2D eigenvalue weighted by atomic mass is 19.4. The number of halogens is 3. The quantitative estimate of drug-likeness (QED) is 0.331. The lowest BCUT2D eigenvalue weighted by Crippen LogP contribution is -2.41. The molecule has 164 valence electrons. The maximum absolute atomic E-state index is 10.6. The molecule has 1 aromatic carbocycles. The van der Waals surface area contributed by atoms with Crippen molar-refractivity contribution in [3.63, 3.8) is 0 Å². The Labute approximate surface area is 168 Å². The monoisotopic (exact) mass is 420 g/mol. The molecular formula is C17H28BF3N4O4. The van der Waals surface area contributed by atoms with Gasteiger partial charge in [-0.1, -0.05) is 24.3 Å². The number of hydrogen-bond donors (Lipinski definition) is 6. The molecular weight excluding hydrogens is 392 g/mol. The Morgan fingerprint density at radius 1 is 0.931 bits per heavy atom. The summed E-state index contributed by atoms with van der Waals surface area (Å²) in [5.41, 5.74) is 1.73. The van der Waals surface area contributed by atoms with Crippen molar-refractivity contribution < 1.29 is 33.1 Å². The molecule has 0 bridgehead atoms. The molecule has 0 radical (unpaired) electrons. The van der Waals surface area contributed by atoms with Crippen molar-refractivity contribution in [1.29, 1.82) is 0 Å². The fourth-order valence-corrected chi connectivity index (χ4v) is 2.53. The molecule has 0 spiro atoms. The third-order valence-electron chi connectivity index (χ3n) is 4.09. The zero-order valence-corrected chi connectivity index (χ0v) is 16.1. The van der Waals surface area contributed by atoms with Crippen LogP contribution in [0, 0.1) is 0 Å². The summed E-state index contributed by atoms with van der Waals surface area (Å²) >= 11 is 0. The first-order valence-electron chi connectivity index (χ1n) is 9.29. The molecule has 0 aliphatic carbocycles. The number of aliphatic carboxylic acids is 1. The van der Waals surface area contributed by atoms with E-state index >= 15 is 0 Å². The van der Waals surface area contributed by atoms with Crippen molar-refractivity contribution >= 4 is 18.6 Å². The van der Waals surface area contributed by atoms with E-state index in [4.69, 9.17) is 19.9 Å². The number of carboxylic acids is 1. The summed E-state index contributed by atoms with van der Waals surface area (Å²) in [4.78, 5) is 11.3. The van der Waals surface area contributed by atoms with Crippen molar-refractivity contribution in [3.8, 4) is 0 Å². The summed E-state index contributed by atoms with van der Waals surface area (Å²) in [5, 5.41) is 35.7. The minimum absolute atomic E-state index is 0.535. The van der Waals surface area contributed by atoms with Crippen LogP contribution in [0.1, 0.15) is 5.56 Å². The molecule has 1 saturated heterocycles. The second-order valence-electron chi connectivity index (χ2n) is 6.44. The Kier molecular flexibility index (Phi) is 11.8. The predicted octanol–water partition coefficient (Wildman–Crippen LogP) is -1.42. The lowest BCUT2D eigenvalue weighted by molar-refractivity contribution is -0.192. The van der Waals surface area contributed by atoms with Gasteiger partial charge in [0, 0.05) is 58.9 Å². The molecule has 29 heavy (non-hydrogen) atoms. The third kappa shape index (κ3) is 11.8. The fraction of sp³-hybridized carbons (Fsp3) is 0.588. The van der Waals surface area contributed by atoms with Gasteiger partial charge in [0.25, 0.3) is 0 Å². The zero-order valence-electron chi connectivity index (χ0n) is 16.1. The van der Waals surface area contributed by atoms with Gasteiger partial charge in [0.05, 0.1) is 0 Å². The Morgan fingerprint density at radius 2 is 1.34 bits per heavy atom. The van der Waals surface area contributed by atoms with Crippen molar-refractivity contribution in [2.45, 2.75) is 12.7 Å². The van der Waals surface area contributed by atoms with Crippen LogP contribution < -0.4 is 21.4 Å². The Hall–Kier alpha value is -1.70. The smallest absolute Gasteiger partial charge is 0.475 e. The molecule has 0 aromatic heterocycles. The van der Waals surface area contributed by atoms with Gasteiger partial charge in [-0.25, -0.2) is 4.79 Å². The van der Waals surface area contributed by atoms with Crippen LogP contribution >= 0.6 is 0 Å². The number of benzene rings is 1. The Bertz CT molecular complexity index is 579. The molecule has 2 rings (SSSR count). The largest absolute Gasteiger partial charge is 0.490 e. The van der Waals surface area contributed by atoms with Crippen LogP contribution in [0.15, 0.2) is 24.3 Å². The van der Waals surface area contributed by atoms with Crippen LogP contribution in [0.25, 0.3) is 0 Å². The number of carbonyl (C=O) groups is 1. The lowest BCUT2D eigenvalue weighted by atomic mass is 9.80. The molecule has 8 nitrogen and oxygen atoms in total. The third-order valence-corrected chi connectivity index (χ3v) is 4.09. The molecule has 0 saturated carbocycles. The molecule has 12 heteroatoms. The second kappa shape index (κ2) is 13.5. The number of rotatable bonds is 3. The van der Waals surface area contributed by atoms with E-state index in [1.807, 2.05) is 12.1 Å². The Balaban J connectivity index is 0.000000516. The lowest BCUT2D eigenvalue weighted by Gasteiger charge is -2.24. The second-order valence-corrected chi connectivity index (χ2v) is 6.44. The van der Waals surface area contributed by atoms with Gasteiger partial charge in [-0.2, -0.15) is 13.2 Å². The van der Waals surface area contributed by atoms with Gasteiger partial charge in [0.15, 0.2) is 0 Å². The zero-order chi connectivity index (χ0) is 21.7. The molecule has 0 amide bonds. The van der Waals surface area contributed by atoms with E-state index in [1.165, 1.54) is 5.56 Å². The average molecular weight is 420 g/mol.